The molecule has 5 heteroatoms. The Hall–Kier alpha value is -0.0400. The Morgan fingerprint density at radius 3 is 2.75 bits per heavy atom. The van der Waals surface area contributed by atoms with Gasteiger partial charge in [-0.05, 0) is 38.6 Å². The molecule has 1 heterocycles. The van der Waals surface area contributed by atoms with Gasteiger partial charge in [0.1, 0.15) is 0 Å². The third kappa shape index (κ3) is 7.67. The predicted molar refractivity (Wildman–Crippen MR) is 99.1 cm³/mol. The maximum Gasteiger partial charge on any atom is 0.191 e. The van der Waals surface area contributed by atoms with Gasteiger partial charge in [-0.3, -0.25) is 9.89 Å². The summed E-state index contributed by atoms with van der Waals surface area (Å²) in [5.41, 5.74) is 0. The highest BCUT2D eigenvalue weighted by atomic mass is 127. The van der Waals surface area contributed by atoms with Crippen LogP contribution in [0.25, 0.3) is 0 Å². The molecule has 4 nitrogen and oxygen atoms in total. The van der Waals surface area contributed by atoms with Crippen LogP contribution < -0.4 is 10.6 Å². The van der Waals surface area contributed by atoms with Crippen LogP contribution in [-0.4, -0.2) is 50.1 Å². The Morgan fingerprint density at radius 2 is 2.15 bits per heavy atom. The molecule has 0 amide bonds. The SMILES string of the molecule is CCCCNC(=NC)NCC(C)N1CCCC(C)C1.I. The molecule has 1 fully saturated rings. The highest BCUT2D eigenvalue weighted by molar-refractivity contribution is 14.0. The van der Waals surface area contributed by atoms with Crippen molar-refractivity contribution in [1.29, 1.82) is 0 Å². The topological polar surface area (TPSA) is 39.7 Å². The molecule has 1 saturated heterocycles. The van der Waals surface area contributed by atoms with Gasteiger partial charge >= 0.3 is 0 Å². The van der Waals surface area contributed by atoms with E-state index in [-0.39, 0.29) is 24.0 Å². The van der Waals surface area contributed by atoms with Crippen LogP contribution in [0.4, 0.5) is 0 Å². The van der Waals surface area contributed by atoms with Gasteiger partial charge in [0, 0.05) is 32.7 Å². The normalized spacial score (nSPS) is 22.0. The smallest absolute Gasteiger partial charge is 0.191 e. The molecule has 0 saturated carbocycles. The number of aliphatic imine (C=N–C) groups is 1. The number of halogens is 1. The third-order valence-corrected chi connectivity index (χ3v) is 3.92. The maximum absolute atomic E-state index is 4.27. The molecule has 0 aliphatic carbocycles. The number of likely N-dealkylation sites (tertiary alicyclic amines) is 1. The van der Waals surface area contributed by atoms with Crippen molar-refractivity contribution in [1.82, 2.24) is 15.5 Å². The number of rotatable bonds is 6. The molecule has 1 rings (SSSR count). The van der Waals surface area contributed by atoms with E-state index in [4.69, 9.17) is 0 Å². The summed E-state index contributed by atoms with van der Waals surface area (Å²) < 4.78 is 0. The lowest BCUT2D eigenvalue weighted by atomic mass is 9.99. The van der Waals surface area contributed by atoms with E-state index < -0.39 is 0 Å². The minimum atomic E-state index is 0. The number of piperidine rings is 1. The lowest BCUT2D eigenvalue weighted by Gasteiger charge is -2.35. The van der Waals surface area contributed by atoms with E-state index in [1.807, 2.05) is 7.05 Å². The van der Waals surface area contributed by atoms with E-state index in [1.165, 1.54) is 38.8 Å². The zero-order valence-corrected chi connectivity index (χ0v) is 15.9. The monoisotopic (exact) mass is 396 g/mol. The van der Waals surface area contributed by atoms with Gasteiger partial charge in [-0.2, -0.15) is 0 Å². The standard InChI is InChI=1S/C15H32N4.HI/c1-5-6-9-17-15(16-4)18-11-14(3)19-10-7-8-13(2)12-19;/h13-14H,5-12H2,1-4H3,(H2,16,17,18);1H. The second-order valence-corrected chi connectivity index (χ2v) is 5.82. The van der Waals surface area contributed by atoms with Gasteiger partial charge in [0.05, 0.1) is 0 Å². The second-order valence-electron chi connectivity index (χ2n) is 5.82. The average molecular weight is 396 g/mol. The molecule has 0 aromatic rings. The molecule has 0 aromatic heterocycles. The van der Waals surface area contributed by atoms with Crippen molar-refractivity contribution in [3.8, 4) is 0 Å². The van der Waals surface area contributed by atoms with Gasteiger partial charge in [0.2, 0.25) is 0 Å². The van der Waals surface area contributed by atoms with Crippen molar-refractivity contribution in [2.45, 2.75) is 52.5 Å². The number of nitrogens with zero attached hydrogens (tertiary/aromatic N) is 2. The highest BCUT2D eigenvalue weighted by Gasteiger charge is 2.20. The number of unbranched alkanes of at least 4 members (excludes halogenated alkanes) is 1. The minimum absolute atomic E-state index is 0. The van der Waals surface area contributed by atoms with Crippen molar-refractivity contribution in [2.24, 2.45) is 10.9 Å². The molecule has 0 spiro atoms. The fourth-order valence-corrected chi connectivity index (χ4v) is 2.60. The lowest BCUT2D eigenvalue weighted by molar-refractivity contribution is 0.139. The Labute approximate surface area is 142 Å². The quantitative estimate of drug-likeness (QED) is 0.314. The van der Waals surface area contributed by atoms with E-state index in [9.17, 15) is 0 Å². The van der Waals surface area contributed by atoms with E-state index >= 15 is 0 Å². The van der Waals surface area contributed by atoms with Gasteiger partial charge in [-0.15, -0.1) is 24.0 Å². The van der Waals surface area contributed by atoms with E-state index in [0.29, 0.717) is 6.04 Å². The van der Waals surface area contributed by atoms with Gasteiger partial charge in [0.25, 0.3) is 0 Å². The highest BCUT2D eigenvalue weighted by Crippen LogP contribution is 2.17. The first-order valence-corrected chi connectivity index (χ1v) is 7.86. The van der Waals surface area contributed by atoms with Crippen LogP contribution in [0.15, 0.2) is 4.99 Å². The van der Waals surface area contributed by atoms with Crippen LogP contribution in [0.1, 0.15) is 46.5 Å². The third-order valence-electron chi connectivity index (χ3n) is 3.92. The van der Waals surface area contributed by atoms with Gasteiger partial charge in [0.15, 0.2) is 5.96 Å². The summed E-state index contributed by atoms with van der Waals surface area (Å²) in [5, 5.41) is 6.80. The predicted octanol–water partition coefficient (Wildman–Crippen LogP) is 2.69. The fraction of sp³-hybridized carbons (Fsp3) is 0.933. The second kappa shape index (κ2) is 11.6. The zero-order valence-electron chi connectivity index (χ0n) is 13.6. The molecular weight excluding hydrogens is 363 g/mol. The summed E-state index contributed by atoms with van der Waals surface area (Å²) in [4.78, 5) is 6.87. The van der Waals surface area contributed by atoms with Gasteiger partial charge < -0.3 is 10.6 Å². The van der Waals surface area contributed by atoms with Gasteiger partial charge in [-0.25, -0.2) is 0 Å². The van der Waals surface area contributed by atoms with Crippen LogP contribution in [-0.2, 0) is 0 Å². The minimum Gasteiger partial charge on any atom is -0.356 e. The summed E-state index contributed by atoms with van der Waals surface area (Å²) in [5.74, 6) is 1.78. The van der Waals surface area contributed by atoms with Crippen LogP contribution in [0.5, 0.6) is 0 Å². The number of nitrogens with one attached hydrogen (secondary N) is 2. The molecular formula is C15H33IN4. The molecule has 2 unspecified atom stereocenters. The Morgan fingerprint density at radius 1 is 1.40 bits per heavy atom. The largest absolute Gasteiger partial charge is 0.356 e. The lowest BCUT2D eigenvalue weighted by Crippen LogP contribution is -2.48. The Balaban J connectivity index is 0.00000361. The van der Waals surface area contributed by atoms with Crippen LogP contribution >= 0.6 is 24.0 Å². The molecule has 1 aliphatic rings. The van der Waals surface area contributed by atoms with Crippen molar-refractivity contribution >= 4 is 29.9 Å². The molecule has 2 atom stereocenters. The van der Waals surface area contributed by atoms with E-state index in [1.54, 1.807) is 0 Å². The maximum atomic E-state index is 4.27. The van der Waals surface area contributed by atoms with E-state index in [0.717, 1.165) is 25.0 Å². The summed E-state index contributed by atoms with van der Waals surface area (Å²) in [6.07, 6.45) is 5.14. The summed E-state index contributed by atoms with van der Waals surface area (Å²) in [7, 11) is 1.84. The first kappa shape index (κ1) is 20.0. The fourth-order valence-electron chi connectivity index (χ4n) is 2.60. The molecule has 0 bridgehead atoms. The van der Waals surface area contributed by atoms with Gasteiger partial charge in [-0.1, -0.05) is 20.3 Å². The van der Waals surface area contributed by atoms with Crippen LogP contribution in [0.3, 0.4) is 0 Å². The number of hydrogen-bond donors (Lipinski definition) is 2. The molecule has 0 radical (unpaired) electrons. The number of guanidine groups is 1. The van der Waals surface area contributed by atoms with Crippen molar-refractivity contribution in [3.63, 3.8) is 0 Å². The first-order valence-electron chi connectivity index (χ1n) is 7.86. The first-order chi connectivity index (χ1) is 9.17. The van der Waals surface area contributed by atoms with Crippen molar-refractivity contribution in [3.05, 3.63) is 0 Å². The zero-order chi connectivity index (χ0) is 14.1. The molecule has 120 valence electrons. The van der Waals surface area contributed by atoms with Crippen LogP contribution in [0.2, 0.25) is 0 Å². The van der Waals surface area contributed by atoms with Crippen LogP contribution in [0, 0.1) is 5.92 Å². The Kier molecular flexibility index (Phi) is 11.6. The Bertz CT molecular complexity index is 271. The summed E-state index contributed by atoms with van der Waals surface area (Å²) in [6.45, 7) is 11.3. The molecule has 2 N–H and O–H groups in total. The molecule has 20 heavy (non-hydrogen) atoms. The molecule has 0 aromatic carbocycles. The summed E-state index contributed by atoms with van der Waals surface area (Å²) in [6, 6.07) is 0.576. The molecule has 1 aliphatic heterocycles. The van der Waals surface area contributed by atoms with E-state index in [2.05, 4.69) is 41.3 Å². The van der Waals surface area contributed by atoms with Crippen molar-refractivity contribution in [2.75, 3.05) is 33.2 Å². The number of hydrogen-bond acceptors (Lipinski definition) is 2. The van der Waals surface area contributed by atoms with Crippen molar-refractivity contribution < 1.29 is 0 Å². The average Bonchev–Trinajstić information content (AvgIpc) is 2.42. The summed E-state index contributed by atoms with van der Waals surface area (Å²) >= 11 is 0.